The van der Waals surface area contributed by atoms with E-state index in [9.17, 15) is 10.2 Å². The van der Waals surface area contributed by atoms with Crippen LogP contribution in [0.4, 0.5) is 0 Å². The van der Waals surface area contributed by atoms with Crippen LogP contribution in [0.1, 0.15) is 0 Å². The summed E-state index contributed by atoms with van der Waals surface area (Å²) in [4.78, 5) is 7.35. The number of hydrogen-bond acceptors (Lipinski definition) is 6. The number of benzene rings is 1. The van der Waals surface area contributed by atoms with Crippen LogP contribution in [0.5, 0.6) is 0 Å². The van der Waals surface area contributed by atoms with Crippen LogP contribution < -0.4 is 0 Å². The molecule has 2 heterocycles. The summed E-state index contributed by atoms with van der Waals surface area (Å²) in [7, 11) is 0. The second-order valence-corrected chi connectivity index (χ2v) is 6.55. The Hall–Kier alpha value is -0.540. The maximum atomic E-state index is 9.89. The number of rotatable bonds is 3. The van der Waals surface area contributed by atoms with E-state index in [1.165, 1.54) is 0 Å². The van der Waals surface area contributed by atoms with E-state index in [0.29, 0.717) is 26.2 Å². The zero-order chi connectivity index (χ0) is 15.1. The molecule has 1 aromatic carbocycles. The molecule has 4 N–H and O–H groups in total. The standard InChI is InChI=1S/C12H12Cl2N2O4S/c13-4-1-6-7(2-5(4)14)16-12(15-6)21-11-10(19)9(18)8(3-17)20-11/h1-2,8-11,17-19H,3H2,(H,15,16)/t8-,9-,10-,11+/m1/s1. The third-order valence-corrected chi connectivity index (χ3v) is 4.99. The van der Waals surface area contributed by atoms with Gasteiger partial charge in [-0.3, -0.25) is 0 Å². The first-order valence-corrected chi connectivity index (χ1v) is 7.77. The number of nitrogens with one attached hydrogen (secondary N) is 1. The van der Waals surface area contributed by atoms with Crippen molar-refractivity contribution in [1.29, 1.82) is 0 Å². The Morgan fingerprint density at radius 1 is 1.24 bits per heavy atom. The Bertz CT molecular complexity index is 629. The summed E-state index contributed by atoms with van der Waals surface area (Å²) in [5.41, 5.74) is 0.626. The van der Waals surface area contributed by atoms with Gasteiger partial charge in [0.05, 0.1) is 27.7 Å². The highest BCUT2D eigenvalue weighted by Crippen LogP contribution is 2.35. The number of fused-ring (bicyclic) bond motifs is 1. The SMILES string of the molecule is OC[C@H]1O[C@@H](Sc2nc3cc(Cl)c(Cl)cc3[nH]2)[C@H](O)[C@@H]1O. The molecule has 9 heteroatoms. The summed E-state index contributed by atoms with van der Waals surface area (Å²) < 4.78 is 5.38. The van der Waals surface area contributed by atoms with Crippen LogP contribution in [-0.4, -0.2) is 55.6 Å². The highest BCUT2D eigenvalue weighted by molar-refractivity contribution is 7.99. The molecule has 1 aliphatic rings. The Morgan fingerprint density at radius 2 is 1.95 bits per heavy atom. The van der Waals surface area contributed by atoms with Crippen molar-refractivity contribution in [2.75, 3.05) is 6.61 Å². The number of nitrogens with zero attached hydrogens (tertiary/aromatic N) is 1. The van der Waals surface area contributed by atoms with Crippen LogP contribution in [0.15, 0.2) is 17.3 Å². The molecule has 1 saturated heterocycles. The molecule has 0 saturated carbocycles. The fourth-order valence-electron chi connectivity index (χ4n) is 2.11. The van der Waals surface area contributed by atoms with Gasteiger partial charge in [0, 0.05) is 0 Å². The summed E-state index contributed by atoms with van der Waals surface area (Å²) in [6.07, 6.45) is -3.03. The van der Waals surface area contributed by atoms with Crippen molar-refractivity contribution < 1.29 is 20.1 Å². The number of halogens is 2. The van der Waals surface area contributed by atoms with E-state index in [1.54, 1.807) is 12.1 Å². The Morgan fingerprint density at radius 3 is 2.62 bits per heavy atom. The van der Waals surface area contributed by atoms with E-state index in [4.69, 9.17) is 33.0 Å². The van der Waals surface area contributed by atoms with Crippen molar-refractivity contribution in [3.05, 3.63) is 22.2 Å². The van der Waals surface area contributed by atoms with E-state index in [-0.39, 0.29) is 6.61 Å². The van der Waals surface area contributed by atoms with Crippen LogP contribution >= 0.6 is 35.0 Å². The molecule has 3 rings (SSSR count). The lowest BCUT2D eigenvalue weighted by molar-refractivity contribution is -0.00810. The van der Waals surface area contributed by atoms with Crippen molar-refractivity contribution in [3.8, 4) is 0 Å². The number of aromatic amines is 1. The summed E-state index contributed by atoms with van der Waals surface area (Å²) in [6.45, 7) is -0.360. The Balaban J connectivity index is 1.82. The van der Waals surface area contributed by atoms with Crippen LogP contribution in [0.2, 0.25) is 10.0 Å². The average Bonchev–Trinajstić information content (AvgIpc) is 2.94. The van der Waals surface area contributed by atoms with E-state index in [0.717, 1.165) is 11.8 Å². The van der Waals surface area contributed by atoms with Gasteiger partial charge in [-0.1, -0.05) is 35.0 Å². The van der Waals surface area contributed by atoms with Crippen molar-refractivity contribution in [2.45, 2.75) is 28.9 Å². The van der Waals surface area contributed by atoms with Gasteiger partial charge < -0.3 is 25.0 Å². The monoisotopic (exact) mass is 350 g/mol. The predicted molar refractivity (Wildman–Crippen MR) is 79.7 cm³/mol. The number of hydrogen-bond donors (Lipinski definition) is 4. The van der Waals surface area contributed by atoms with Gasteiger partial charge in [0.2, 0.25) is 0 Å². The minimum Gasteiger partial charge on any atom is -0.394 e. The van der Waals surface area contributed by atoms with Crippen molar-refractivity contribution in [2.24, 2.45) is 0 Å². The lowest BCUT2D eigenvalue weighted by Gasteiger charge is -2.11. The summed E-state index contributed by atoms with van der Waals surface area (Å²) >= 11 is 13.0. The molecule has 2 aromatic rings. The molecule has 0 aliphatic carbocycles. The predicted octanol–water partition coefficient (Wildman–Crippen LogP) is 1.40. The molecule has 0 radical (unpaired) electrons. The van der Waals surface area contributed by atoms with Crippen LogP contribution in [-0.2, 0) is 4.74 Å². The molecule has 0 bridgehead atoms. The molecular weight excluding hydrogens is 339 g/mol. The summed E-state index contributed by atoms with van der Waals surface area (Å²) in [6, 6.07) is 3.30. The van der Waals surface area contributed by atoms with Gasteiger partial charge in [-0.15, -0.1) is 0 Å². The molecule has 0 spiro atoms. The maximum Gasteiger partial charge on any atom is 0.168 e. The van der Waals surface area contributed by atoms with Crippen molar-refractivity contribution in [3.63, 3.8) is 0 Å². The van der Waals surface area contributed by atoms with E-state index >= 15 is 0 Å². The first kappa shape index (κ1) is 15.4. The molecular formula is C12H12Cl2N2O4S. The average molecular weight is 351 g/mol. The van der Waals surface area contributed by atoms with Gasteiger partial charge in [0.1, 0.15) is 23.7 Å². The zero-order valence-electron chi connectivity index (χ0n) is 10.5. The maximum absolute atomic E-state index is 9.89. The van der Waals surface area contributed by atoms with E-state index in [1.807, 2.05) is 0 Å². The normalized spacial score (nSPS) is 29.4. The topological polar surface area (TPSA) is 98.6 Å². The number of aliphatic hydroxyl groups excluding tert-OH is 3. The van der Waals surface area contributed by atoms with Gasteiger partial charge >= 0.3 is 0 Å². The van der Waals surface area contributed by atoms with Crippen LogP contribution in [0.3, 0.4) is 0 Å². The molecule has 21 heavy (non-hydrogen) atoms. The number of H-pyrrole nitrogens is 1. The zero-order valence-corrected chi connectivity index (χ0v) is 12.9. The smallest absolute Gasteiger partial charge is 0.168 e. The van der Waals surface area contributed by atoms with E-state index < -0.39 is 23.7 Å². The third kappa shape index (κ3) is 2.87. The quantitative estimate of drug-likeness (QED) is 0.667. The highest BCUT2D eigenvalue weighted by Gasteiger charge is 2.43. The van der Waals surface area contributed by atoms with Crippen molar-refractivity contribution in [1.82, 2.24) is 9.97 Å². The summed E-state index contributed by atoms with van der Waals surface area (Å²) in [5.74, 6) is 0. The van der Waals surface area contributed by atoms with Gasteiger partial charge in [0.15, 0.2) is 5.16 Å². The third-order valence-electron chi connectivity index (χ3n) is 3.23. The number of thioether (sulfide) groups is 1. The van der Waals surface area contributed by atoms with Crippen LogP contribution in [0, 0.1) is 0 Å². The summed E-state index contributed by atoms with van der Waals surface area (Å²) in [5, 5.41) is 30.0. The van der Waals surface area contributed by atoms with Gasteiger partial charge in [-0.2, -0.15) is 0 Å². The molecule has 6 nitrogen and oxygen atoms in total. The number of aliphatic hydroxyl groups is 3. The van der Waals surface area contributed by atoms with Gasteiger partial charge in [-0.25, -0.2) is 4.98 Å². The molecule has 1 aliphatic heterocycles. The molecule has 1 fully saturated rings. The fraction of sp³-hybridized carbons (Fsp3) is 0.417. The number of ether oxygens (including phenoxy) is 1. The second-order valence-electron chi connectivity index (χ2n) is 4.65. The molecule has 1 aromatic heterocycles. The molecule has 0 amide bonds. The van der Waals surface area contributed by atoms with Crippen LogP contribution in [0.25, 0.3) is 11.0 Å². The molecule has 4 atom stereocenters. The van der Waals surface area contributed by atoms with E-state index in [2.05, 4.69) is 9.97 Å². The minimum absolute atomic E-state index is 0.360. The fourth-order valence-corrected chi connectivity index (χ4v) is 3.47. The van der Waals surface area contributed by atoms with Gasteiger partial charge in [-0.05, 0) is 12.1 Å². The largest absolute Gasteiger partial charge is 0.394 e. The number of imidazole rings is 1. The Kier molecular flexibility index (Phi) is 4.33. The second kappa shape index (κ2) is 5.92. The Labute approximate surface area is 134 Å². The molecule has 0 unspecified atom stereocenters. The highest BCUT2D eigenvalue weighted by atomic mass is 35.5. The first-order chi connectivity index (χ1) is 9.99. The van der Waals surface area contributed by atoms with Gasteiger partial charge in [0.25, 0.3) is 0 Å². The first-order valence-electron chi connectivity index (χ1n) is 6.13. The lowest BCUT2D eigenvalue weighted by atomic mass is 10.2. The number of aromatic nitrogens is 2. The van der Waals surface area contributed by atoms with Crippen molar-refractivity contribution >= 4 is 46.0 Å². The molecule has 114 valence electrons. The minimum atomic E-state index is -1.12. The lowest BCUT2D eigenvalue weighted by Crippen LogP contribution is -2.33.